The number of aryl methyl sites for hydroxylation is 2. The highest BCUT2D eigenvalue weighted by molar-refractivity contribution is 5.97. The van der Waals surface area contributed by atoms with E-state index in [0.717, 1.165) is 60.3 Å². The number of terminal acetylenes is 2. The first-order valence-electron chi connectivity index (χ1n) is 25.3. The summed E-state index contributed by atoms with van der Waals surface area (Å²) in [6.07, 6.45) is 18.2. The molecule has 20 heteroatoms. The van der Waals surface area contributed by atoms with Gasteiger partial charge in [0.25, 0.3) is 11.8 Å². The van der Waals surface area contributed by atoms with Crippen molar-refractivity contribution in [1.29, 1.82) is 0 Å². The van der Waals surface area contributed by atoms with E-state index < -0.39 is 95.6 Å². The van der Waals surface area contributed by atoms with Gasteiger partial charge >= 0.3 is 0 Å². The van der Waals surface area contributed by atoms with E-state index in [1.807, 2.05) is 48.5 Å². The van der Waals surface area contributed by atoms with E-state index in [-0.39, 0.29) is 62.2 Å². The molecule has 2 saturated heterocycles. The first-order chi connectivity index (χ1) is 35.6. The lowest BCUT2D eigenvalue weighted by molar-refractivity contribution is -0.141. The molecule has 1 aromatic heterocycles. The molecule has 74 heavy (non-hydrogen) atoms. The highest BCUT2D eigenvalue weighted by Crippen LogP contribution is 2.32. The molecule has 7 rings (SSSR count). The Labute approximate surface area is 431 Å². The molecular formula is C54H66N12O8. The van der Waals surface area contributed by atoms with Crippen molar-refractivity contribution in [3.8, 4) is 24.7 Å². The summed E-state index contributed by atoms with van der Waals surface area (Å²) < 4.78 is 0. The molecular weight excluding hydrogens is 945 g/mol. The number of fused-ring (bicyclic) bond motifs is 2. The number of aromatic nitrogens is 2. The molecule has 20 nitrogen and oxygen atoms in total. The number of carbonyl (C=O) groups excluding carboxylic acids is 8. The summed E-state index contributed by atoms with van der Waals surface area (Å²) in [5, 5.41) is 23.1. The van der Waals surface area contributed by atoms with Crippen molar-refractivity contribution < 1.29 is 38.4 Å². The highest BCUT2D eigenvalue weighted by atomic mass is 16.2. The van der Waals surface area contributed by atoms with Gasteiger partial charge in [-0.2, -0.15) is 0 Å². The Morgan fingerprint density at radius 3 is 1.36 bits per heavy atom. The quantitative estimate of drug-likeness (QED) is 0.0811. The lowest BCUT2D eigenvalue weighted by atomic mass is 9.87. The minimum absolute atomic E-state index is 0.0357. The van der Waals surface area contributed by atoms with E-state index in [0.29, 0.717) is 12.8 Å². The number of nitrogens with one attached hydrogen (secondary N) is 8. The fourth-order valence-corrected chi connectivity index (χ4v) is 10.2. The van der Waals surface area contributed by atoms with Crippen LogP contribution in [0.25, 0.3) is 0 Å². The molecule has 390 valence electrons. The number of rotatable bonds is 18. The smallest absolute Gasteiger partial charge is 0.271 e. The van der Waals surface area contributed by atoms with Crippen LogP contribution in [0.15, 0.2) is 60.9 Å². The zero-order valence-corrected chi connectivity index (χ0v) is 42.2. The third-order valence-electron chi connectivity index (χ3n) is 14.5. The third-order valence-corrected chi connectivity index (χ3v) is 14.5. The van der Waals surface area contributed by atoms with Crippen LogP contribution in [0, 0.1) is 24.7 Å². The van der Waals surface area contributed by atoms with E-state index in [1.165, 1.54) is 9.80 Å². The fraction of sp³-hybridized carbons (Fsp3) is 0.481. The Hall–Kier alpha value is -7.68. The fourth-order valence-electron chi connectivity index (χ4n) is 10.2. The van der Waals surface area contributed by atoms with E-state index in [9.17, 15) is 38.4 Å². The number of likely N-dealkylation sites (N-methyl/N-ethyl adjacent to an activating group) is 2. The number of amides is 8. The maximum Gasteiger partial charge on any atom is 0.271 e. The summed E-state index contributed by atoms with van der Waals surface area (Å²) in [7, 11) is 3.21. The van der Waals surface area contributed by atoms with Crippen LogP contribution < -0.4 is 42.5 Å². The summed E-state index contributed by atoms with van der Waals surface area (Å²) in [5.74, 6) is 0.626. The minimum atomic E-state index is -1.14. The minimum Gasteiger partial charge on any atom is -0.347 e. The largest absolute Gasteiger partial charge is 0.347 e. The Bertz CT molecular complexity index is 2500. The SMILES string of the molecule is C#CC[C@@H](NC(=O)[C@H](C)NC)C(=O)N1C[C@@H](NC(=O)c2cnc(C(=O)N[C@H]3C[C@@H](C(=O)N[C@@H]4CCCc5ccccc54)N(C(=O)[C@@H](CC#C)NC(=O)[C@H](C)NC)C3)cn2)CC1C(=O)N[C@@H]1CCCc2ccccc21. The van der Waals surface area contributed by atoms with Gasteiger partial charge in [0.15, 0.2) is 0 Å². The Morgan fingerprint density at radius 1 is 0.608 bits per heavy atom. The second-order valence-corrected chi connectivity index (χ2v) is 19.4. The number of benzene rings is 2. The Morgan fingerprint density at radius 2 is 1.00 bits per heavy atom. The van der Waals surface area contributed by atoms with Crippen LogP contribution in [0.1, 0.15) is 121 Å². The molecule has 0 saturated carbocycles. The molecule has 8 amide bonds. The van der Waals surface area contributed by atoms with Gasteiger partial charge in [-0.25, -0.2) is 9.97 Å². The lowest BCUT2D eigenvalue weighted by Gasteiger charge is -2.31. The molecule has 0 bridgehead atoms. The topological polar surface area (TPSA) is 265 Å². The van der Waals surface area contributed by atoms with Gasteiger partial charge < -0.3 is 52.3 Å². The molecule has 8 N–H and O–H groups in total. The first kappa shape index (κ1) is 54.1. The molecule has 10 atom stereocenters. The molecule has 4 aliphatic rings. The molecule has 2 fully saturated rings. The van der Waals surface area contributed by atoms with Gasteiger partial charge in [0, 0.05) is 38.0 Å². The van der Waals surface area contributed by atoms with Crippen LogP contribution in [-0.4, -0.2) is 143 Å². The van der Waals surface area contributed by atoms with Crippen LogP contribution in [0.3, 0.4) is 0 Å². The Balaban J connectivity index is 1.04. The number of hydrogen-bond acceptors (Lipinski definition) is 12. The van der Waals surface area contributed by atoms with Crippen molar-refractivity contribution in [2.24, 2.45) is 0 Å². The van der Waals surface area contributed by atoms with Crippen LogP contribution in [-0.2, 0) is 41.6 Å². The van der Waals surface area contributed by atoms with E-state index >= 15 is 0 Å². The molecule has 2 aromatic carbocycles. The number of likely N-dealkylation sites (tertiary alicyclic amines) is 2. The zero-order chi connectivity index (χ0) is 53.1. The third kappa shape index (κ3) is 12.7. The maximum absolute atomic E-state index is 14.2. The zero-order valence-electron chi connectivity index (χ0n) is 42.2. The summed E-state index contributed by atoms with van der Waals surface area (Å²) in [4.78, 5) is 121. The van der Waals surface area contributed by atoms with Crippen molar-refractivity contribution in [2.45, 2.75) is 138 Å². The monoisotopic (exact) mass is 1010 g/mol. The van der Waals surface area contributed by atoms with Crippen LogP contribution in [0.4, 0.5) is 0 Å². The second-order valence-electron chi connectivity index (χ2n) is 19.4. The maximum atomic E-state index is 14.2. The summed E-state index contributed by atoms with van der Waals surface area (Å²) in [6, 6.07) is 8.08. The number of hydrogen-bond donors (Lipinski definition) is 8. The summed E-state index contributed by atoms with van der Waals surface area (Å²) in [6.45, 7) is 3.08. The average Bonchev–Trinajstić information content (AvgIpc) is 4.04. The van der Waals surface area contributed by atoms with Crippen molar-refractivity contribution in [1.82, 2.24) is 62.3 Å². The summed E-state index contributed by atoms with van der Waals surface area (Å²) >= 11 is 0. The first-order valence-corrected chi connectivity index (χ1v) is 25.3. The van der Waals surface area contributed by atoms with Crippen molar-refractivity contribution >= 4 is 47.3 Å². The molecule has 3 aromatic rings. The van der Waals surface area contributed by atoms with Gasteiger partial charge in [0.05, 0.1) is 36.6 Å². The van der Waals surface area contributed by atoms with Crippen molar-refractivity contribution in [3.63, 3.8) is 0 Å². The molecule has 2 aliphatic heterocycles. The molecule has 3 heterocycles. The van der Waals surface area contributed by atoms with E-state index in [1.54, 1.807) is 27.9 Å². The van der Waals surface area contributed by atoms with Crippen LogP contribution >= 0.6 is 0 Å². The van der Waals surface area contributed by atoms with E-state index in [4.69, 9.17) is 12.8 Å². The lowest BCUT2D eigenvalue weighted by Crippen LogP contribution is -2.55. The van der Waals surface area contributed by atoms with Gasteiger partial charge in [-0.15, -0.1) is 24.7 Å². The normalized spacial score (nSPS) is 22.4. The number of nitrogens with zero attached hydrogens (tertiary/aromatic N) is 4. The second kappa shape index (κ2) is 24.8. The van der Waals surface area contributed by atoms with Crippen LogP contribution in [0.2, 0.25) is 0 Å². The predicted octanol–water partition coefficient (Wildman–Crippen LogP) is 0.495. The van der Waals surface area contributed by atoms with Gasteiger partial charge in [-0.3, -0.25) is 38.4 Å². The van der Waals surface area contributed by atoms with Crippen molar-refractivity contribution in [2.75, 3.05) is 27.2 Å². The molecule has 0 radical (unpaired) electrons. The summed E-state index contributed by atoms with van der Waals surface area (Å²) in [5.41, 5.74) is 3.96. The molecule has 0 spiro atoms. The van der Waals surface area contributed by atoms with Gasteiger partial charge in [-0.1, -0.05) is 48.5 Å². The van der Waals surface area contributed by atoms with Crippen molar-refractivity contribution in [3.05, 3.63) is 94.6 Å². The van der Waals surface area contributed by atoms with E-state index in [2.05, 4.69) is 64.3 Å². The van der Waals surface area contributed by atoms with Gasteiger partial charge in [0.1, 0.15) is 35.6 Å². The molecule has 2 aliphatic carbocycles. The number of carbonyl (C=O) groups is 8. The standard InChI is InChI=1S/C54H66N12O8/c1-7-15-41(63-47(67)31(3)55-5)53(73)65-29-35(25-45(65)51(71)61-39-23-13-19-33-17-9-11-21-37(33)39)59-49(69)43-27-58-44(28-57-43)50(70)60-36-26-46(52(72)62-40-24-14-20-34-18-10-12-22-38(34)40)66(30-36)54(74)42(16-8-2)64-48(68)32(4)56-6/h1-2,9-12,17-18,21-22,27-28,31-32,35-36,39-42,45-46,55-56H,13-16,19-20,23-26,29-30H2,3-6H3,(H,59,69)(H,60,70)(H,61,71)(H,62,72)(H,63,67)(H,64,68)/t31-,32-,35-,36-,39+,40+,41+,42+,45-,46?/m0/s1. The van der Waals surface area contributed by atoms with Crippen LogP contribution in [0.5, 0.6) is 0 Å². The van der Waals surface area contributed by atoms with Gasteiger partial charge in [-0.05, 0) is 102 Å². The highest BCUT2D eigenvalue weighted by Gasteiger charge is 2.45. The Kier molecular flexibility index (Phi) is 18.2. The predicted molar refractivity (Wildman–Crippen MR) is 273 cm³/mol. The average molecular weight is 1010 g/mol. The van der Waals surface area contributed by atoms with Gasteiger partial charge in [0.2, 0.25) is 35.4 Å². The molecule has 1 unspecified atom stereocenters.